The molecule has 1 rings (SSSR count). The molecular weight excluding hydrogens is 630 g/mol. The fourth-order valence-electron chi connectivity index (χ4n) is 3.92. The summed E-state index contributed by atoms with van der Waals surface area (Å²) in [5.74, 6) is -5.09. The highest BCUT2D eigenvalue weighted by molar-refractivity contribution is 5.94. The number of anilines is 1. The zero-order chi connectivity index (χ0) is 35.5. The number of non-ortho nitro benzene ring substituents is 1. The van der Waals surface area contributed by atoms with Gasteiger partial charge in [-0.25, -0.2) is 4.79 Å². The van der Waals surface area contributed by atoms with E-state index in [1.165, 1.54) is 6.07 Å². The number of carbonyl (C=O) groups is 5. The number of hydrogen-bond acceptors (Lipinski definition) is 13. The molecular formula is C25H39N11O11. The van der Waals surface area contributed by atoms with Crippen molar-refractivity contribution in [1.82, 2.24) is 26.6 Å². The molecule has 22 heteroatoms. The van der Waals surface area contributed by atoms with Crippen LogP contribution in [0.2, 0.25) is 0 Å². The van der Waals surface area contributed by atoms with E-state index >= 15 is 0 Å². The number of benzene rings is 1. The third kappa shape index (κ3) is 14.8. The van der Waals surface area contributed by atoms with Gasteiger partial charge < -0.3 is 53.6 Å². The number of hydrogen-bond donors (Lipinski definition) is 11. The molecule has 0 spiro atoms. The van der Waals surface area contributed by atoms with Crippen molar-refractivity contribution < 1.29 is 44.0 Å². The fraction of sp³-hybridized carbons (Fsp3) is 0.520. The Balaban J connectivity index is 2.97. The van der Waals surface area contributed by atoms with Crippen LogP contribution in [0, 0.1) is 25.6 Å². The Morgan fingerprint density at radius 2 is 1.49 bits per heavy atom. The second kappa shape index (κ2) is 20.4. The van der Waals surface area contributed by atoms with Crippen molar-refractivity contribution in [2.24, 2.45) is 11.5 Å². The van der Waals surface area contributed by atoms with Crippen LogP contribution in [0.3, 0.4) is 0 Å². The Bertz CT molecular complexity index is 1310. The number of nitrogens with two attached hydrogens (primary N) is 2. The maximum Gasteiger partial charge on any atom is 0.326 e. The van der Waals surface area contributed by atoms with Crippen molar-refractivity contribution >= 4 is 52.6 Å². The molecule has 0 bridgehead atoms. The van der Waals surface area contributed by atoms with Crippen LogP contribution in [0.15, 0.2) is 18.2 Å². The number of aliphatic hydroxyl groups excluding tert-OH is 1. The van der Waals surface area contributed by atoms with Gasteiger partial charge in [0.05, 0.1) is 35.6 Å². The molecule has 260 valence electrons. The monoisotopic (exact) mass is 669 g/mol. The molecule has 22 nitrogen and oxygen atoms in total. The average molecular weight is 670 g/mol. The maximum absolute atomic E-state index is 13.2. The van der Waals surface area contributed by atoms with E-state index in [1.807, 2.05) is 0 Å². The number of amides is 4. The van der Waals surface area contributed by atoms with Crippen molar-refractivity contribution in [2.75, 3.05) is 38.1 Å². The number of unbranched alkanes of at least 4 members (excludes halogenated alkanes) is 1. The quantitative estimate of drug-likeness (QED) is 0.0192. The maximum atomic E-state index is 13.2. The lowest BCUT2D eigenvalue weighted by Gasteiger charge is -2.24. The van der Waals surface area contributed by atoms with E-state index in [0.717, 1.165) is 12.1 Å². The molecule has 1 aromatic carbocycles. The molecule has 0 unspecified atom stereocenters. The van der Waals surface area contributed by atoms with E-state index in [2.05, 4.69) is 31.9 Å². The van der Waals surface area contributed by atoms with Crippen LogP contribution in [0.4, 0.5) is 17.1 Å². The number of guanidine groups is 1. The highest BCUT2D eigenvalue weighted by Crippen LogP contribution is 2.28. The van der Waals surface area contributed by atoms with E-state index in [-0.39, 0.29) is 56.8 Å². The van der Waals surface area contributed by atoms with Gasteiger partial charge in [0, 0.05) is 19.2 Å². The van der Waals surface area contributed by atoms with Gasteiger partial charge in [-0.15, -0.1) is 0 Å². The lowest BCUT2D eigenvalue weighted by atomic mass is 10.1. The Labute approximate surface area is 267 Å². The summed E-state index contributed by atoms with van der Waals surface area (Å²) < 4.78 is 0. The zero-order valence-electron chi connectivity index (χ0n) is 25.2. The summed E-state index contributed by atoms with van der Waals surface area (Å²) in [7, 11) is 0. The molecule has 0 saturated carbocycles. The third-order valence-corrected chi connectivity index (χ3v) is 6.32. The van der Waals surface area contributed by atoms with Gasteiger partial charge in [0.25, 0.3) is 11.4 Å². The molecule has 0 heterocycles. The first-order valence-corrected chi connectivity index (χ1v) is 14.1. The summed E-state index contributed by atoms with van der Waals surface area (Å²) in [6, 6.07) is -1.24. The summed E-state index contributed by atoms with van der Waals surface area (Å²) in [4.78, 5) is 82.0. The SMILES string of the molecule is N=C(N)NCCC[C@@H](NC(=O)[C@H](CCCCNc1ccc([N+](=O)[O-])cc1[N+](=O)[O-])NC(=O)[C@H](CO)NC(=O)CNC(=O)CN)C(=O)O. The molecule has 47 heavy (non-hydrogen) atoms. The topological polar surface area (TPSA) is 360 Å². The highest BCUT2D eigenvalue weighted by Gasteiger charge is 2.29. The van der Waals surface area contributed by atoms with Crippen LogP contribution < -0.4 is 43.4 Å². The second-order valence-electron chi connectivity index (χ2n) is 9.87. The fourth-order valence-corrected chi connectivity index (χ4v) is 3.92. The third-order valence-electron chi connectivity index (χ3n) is 6.32. The normalized spacial score (nSPS) is 12.4. The molecule has 0 radical (unpaired) electrons. The van der Waals surface area contributed by atoms with Crippen molar-refractivity contribution in [2.45, 2.75) is 50.2 Å². The number of nitrogens with zero attached hydrogens (tertiary/aromatic N) is 2. The smallest absolute Gasteiger partial charge is 0.326 e. The summed E-state index contributed by atoms with van der Waals surface area (Å²) in [5.41, 5.74) is 9.35. The highest BCUT2D eigenvalue weighted by atomic mass is 16.6. The lowest BCUT2D eigenvalue weighted by Crippen LogP contribution is -2.57. The van der Waals surface area contributed by atoms with Gasteiger partial charge in [-0.1, -0.05) is 0 Å². The lowest BCUT2D eigenvalue weighted by molar-refractivity contribution is -0.393. The number of aliphatic carboxylic acids is 1. The Hall–Kier alpha value is -5.64. The Kier molecular flexibility index (Phi) is 17.1. The van der Waals surface area contributed by atoms with Gasteiger partial charge in [-0.2, -0.15) is 0 Å². The average Bonchev–Trinajstić information content (AvgIpc) is 3.02. The minimum Gasteiger partial charge on any atom is -0.480 e. The van der Waals surface area contributed by atoms with Crippen molar-refractivity contribution in [1.29, 1.82) is 5.41 Å². The number of nitro benzene ring substituents is 2. The molecule has 0 aliphatic heterocycles. The van der Waals surface area contributed by atoms with Gasteiger partial charge in [0.2, 0.25) is 23.6 Å². The van der Waals surface area contributed by atoms with E-state index in [1.54, 1.807) is 0 Å². The van der Waals surface area contributed by atoms with Gasteiger partial charge in [-0.05, 0) is 38.2 Å². The van der Waals surface area contributed by atoms with E-state index < -0.39 is 88.6 Å². The molecule has 0 aliphatic carbocycles. The van der Waals surface area contributed by atoms with Gasteiger partial charge in [-0.3, -0.25) is 44.8 Å². The van der Waals surface area contributed by atoms with Gasteiger partial charge >= 0.3 is 5.97 Å². The molecule has 4 amide bonds. The number of rotatable bonds is 22. The number of aliphatic hydroxyl groups is 1. The number of carboxylic acids is 1. The first-order valence-electron chi connectivity index (χ1n) is 14.1. The van der Waals surface area contributed by atoms with E-state index in [4.69, 9.17) is 16.9 Å². The largest absolute Gasteiger partial charge is 0.480 e. The summed E-state index contributed by atoms with van der Waals surface area (Å²) in [6.45, 7) is -1.58. The minimum atomic E-state index is -1.55. The number of carboxylic acid groups (broad SMARTS) is 1. The van der Waals surface area contributed by atoms with Crippen molar-refractivity contribution in [3.05, 3.63) is 38.4 Å². The molecule has 0 saturated heterocycles. The molecule has 1 aromatic rings. The second-order valence-corrected chi connectivity index (χ2v) is 9.87. The molecule has 0 aromatic heterocycles. The summed E-state index contributed by atoms with van der Waals surface area (Å²) >= 11 is 0. The Morgan fingerprint density at radius 1 is 0.851 bits per heavy atom. The van der Waals surface area contributed by atoms with Crippen molar-refractivity contribution in [3.8, 4) is 0 Å². The molecule has 0 aliphatic rings. The van der Waals surface area contributed by atoms with Crippen LogP contribution >= 0.6 is 0 Å². The Morgan fingerprint density at radius 3 is 2.06 bits per heavy atom. The summed E-state index contributed by atoms with van der Waals surface area (Å²) in [5, 5.41) is 63.1. The number of nitro groups is 2. The van der Waals surface area contributed by atoms with Crippen LogP contribution in [-0.4, -0.2) is 107 Å². The predicted octanol–water partition coefficient (Wildman–Crippen LogP) is -3.05. The van der Waals surface area contributed by atoms with Crippen molar-refractivity contribution in [3.63, 3.8) is 0 Å². The van der Waals surface area contributed by atoms with E-state index in [0.29, 0.717) is 0 Å². The van der Waals surface area contributed by atoms with Gasteiger partial charge in [0.1, 0.15) is 23.8 Å². The zero-order valence-corrected chi connectivity index (χ0v) is 25.2. The van der Waals surface area contributed by atoms with Crippen LogP contribution in [0.25, 0.3) is 0 Å². The van der Waals surface area contributed by atoms with Crippen LogP contribution in [0.5, 0.6) is 0 Å². The first kappa shape index (κ1) is 39.4. The van der Waals surface area contributed by atoms with Gasteiger partial charge in [0.15, 0.2) is 5.96 Å². The first-order chi connectivity index (χ1) is 22.2. The molecule has 0 fully saturated rings. The van der Waals surface area contributed by atoms with Crippen LogP contribution in [-0.2, 0) is 24.0 Å². The predicted molar refractivity (Wildman–Crippen MR) is 164 cm³/mol. The van der Waals surface area contributed by atoms with Crippen LogP contribution in [0.1, 0.15) is 32.1 Å². The standard InChI is InChI=1S/C25H39N11O11/c26-11-20(38)31-12-21(39)32-18(13-37)23(41)33-16(22(40)34-17(24(42)43)5-3-9-30-25(27)28)4-1-2-8-29-15-7-6-14(35(44)45)10-19(15)36(46)47/h6-7,10,16-18,29,37H,1-5,8-9,11-13,26H2,(H,31,38)(H,32,39)(H,33,41)(H,34,40)(H,42,43)(H4,27,28,30)/t16-,17+,18-/m0/s1. The summed E-state index contributed by atoms with van der Waals surface area (Å²) in [6.07, 6.45) is 0.497. The number of carbonyl (C=O) groups excluding carboxylic acids is 4. The van der Waals surface area contributed by atoms with E-state index in [9.17, 15) is 54.4 Å². The molecule has 3 atom stereocenters. The number of nitrogens with one attached hydrogen (secondary N) is 7. The molecule has 13 N–H and O–H groups in total. The minimum absolute atomic E-state index is 0.0101.